The first-order valence-electron chi connectivity index (χ1n) is 3.94. The van der Waals surface area contributed by atoms with Gasteiger partial charge in [0.2, 0.25) is 0 Å². The van der Waals surface area contributed by atoms with E-state index in [2.05, 4.69) is 0 Å². The molecular weight excluding hydrogens is 168 g/mol. The van der Waals surface area contributed by atoms with Crippen molar-refractivity contribution in [1.82, 2.24) is 0 Å². The van der Waals surface area contributed by atoms with Crippen LogP contribution in [0.2, 0.25) is 0 Å². The summed E-state index contributed by atoms with van der Waals surface area (Å²) in [5.41, 5.74) is 11.4. The van der Waals surface area contributed by atoms with E-state index in [0.717, 1.165) is 5.56 Å². The smallest absolute Gasteiger partial charge is 0.321 e. The van der Waals surface area contributed by atoms with Gasteiger partial charge in [-0.1, -0.05) is 30.3 Å². The Morgan fingerprint density at radius 2 is 2.00 bits per heavy atom. The number of ether oxygens (including phenoxy) is 1. The van der Waals surface area contributed by atoms with Crippen molar-refractivity contribution in [3.63, 3.8) is 0 Å². The van der Waals surface area contributed by atoms with Gasteiger partial charge in [0.25, 0.3) is 0 Å². The molecule has 1 aromatic rings. The van der Waals surface area contributed by atoms with Gasteiger partial charge in [0, 0.05) is 5.56 Å². The molecule has 0 saturated carbocycles. The van der Waals surface area contributed by atoms with Crippen LogP contribution < -0.4 is 11.5 Å². The van der Waals surface area contributed by atoms with E-state index >= 15 is 0 Å². The summed E-state index contributed by atoms with van der Waals surface area (Å²) >= 11 is 0. The second-order valence-electron chi connectivity index (χ2n) is 2.53. The van der Waals surface area contributed by atoms with Gasteiger partial charge in [-0.05, 0) is 0 Å². The first-order valence-corrected chi connectivity index (χ1v) is 3.94. The molecule has 0 amide bonds. The van der Waals surface area contributed by atoms with E-state index in [1.54, 1.807) is 12.1 Å². The van der Waals surface area contributed by atoms with E-state index in [9.17, 15) is 4.79 Å². The molecule has 4 nitrogen and oxygen atoms in total. The first-order chi connectivity index (χ1) is 6.24. The van der Waals surface area contributed by atoms with Crippen molar-refractivity contribution in [3.05, 3.63) is 35.9 Å². The molecule has 13 heavy (non-hydrogen) atoms. The Hall–Kier alpha value is -1.39. The molecule has 0 radical (unpaired) electrons. The van der Waals surface area contributed by atoms with Gasteiger partial charge >= 0.3 is 5.97 Å². The number of esters is 1. The lowest BCUT2D eigenvalue weighted by atomic mass is 10.2. The summed E-state index contributed by atoms with van der Waals surface area (Å²) in [6.07, 6.45) is -0.725. The van der Waals surface area contributed by atoms with Crippen LogP contribution in [0.4, 0.5) is 0 Å². The topological polar surface area (TPSA) is 78.3 Å². The highest BCUT2D eigenvalue weighted by molar-refractivity contribution is 5.71. The van der Waals surface area contributed by atoms with E-state index in [0.29, 0.717) is 0 Å². The Labute approximate surface area is 76.5 Å². The van der Waals surface area contributed by atoms with E-state index < -0.39 is 12.2 Å². The lowest BCUT2D eigenvalue weighted by Gasteiger charge is -2.12. The summed E-state index contributed by atoms with van der Waals surface area (Å²) in [5.74, 6) is -0.503. The molecule has 0 aromatic heterocycles. The van der Waals surface area contributed by atoms with Crippen LogP contribution in [-0.4, -0.2) is 12.5 Å². The SMILES string of the molecule is NCC(=O)O[C@H](N)c1ccccc1. The molecule has 0 unspecified atom stereocenters. The number of carbonyl (C=O) groups is 1. The number of nitrogens with two attached hydrogens (primary N) is 2. The van der Waals surface area contributed by atoms with Gasteiger partial charge in [0.05, 0.1) is 6.54 Å². The van der Waals surface area contributed by atoms with E-state index in [1.165, 1.54) is 0 Å². The van der Waals surface area contributed by atoms with Crippen molar-refractivity contribution < 1.29 is 9.53 Å². The highest BCUT2D eigenvalue weighted by atomic mass is 16.6. The fourth-order valence-corrected chi connectivity index (χ4v) is 0.900. The monoisotopic (exact) mass is 180 g/mol. The minimum absolute atomic E-state index is 0.152. The normalized spacial score (nSPS) is 12.2. The van der Waals surface area contributed by atoms with Crippen LogP contribution in [-0.2, 0) is 9.53 Å². The molecule has 0 aliphatic carbocycles. The molecule has 0 saturated heterocycles. The third-order valence-corrected chi connectivity index (χ3v) is 1.55. The second kappa shape index (κ2) is 4.59. The van der Waals surface area contributed by atoms with Crippen molar-refractivity contribution in [2.75, 3.05) is 6.54 Å². The van der Waals surface area contributed by atoms with Crippen LogP contribution in [0, 0.1) is 0 Å². The predicted octanol–water partition coefficient (Wildman–Crippen LogP) is 0.146. The van der Waals surface area contributed by atoms with Gasteiger partial charge in [-0.2, -0.15) is 0 Å². The predicted molar refractivity (Wildman–Crippen MR) is 48.5 cm³/mol. The Morgan fingerprint density at radius 3 is 2.54 bits per heavy atom. The second-order valence-corrected chi connectivity index (χ2v) is 2.53. The van der Waals surface area contributed by atoms with Gasteiger partial charge in [-0.3, -0.25) is 10.5 Å². The summed E-state index contributed by atoms with van der Waals surface area (Å²) in [7, 11) is 0. The van der Waals surface area contributed by atoms with Crippen LogP contribution in [0.1, 0.15) is 11.8 Å². The number of hydrogen-bond donors (Lipinski definition) is 2. The third kappa shape index (κ3) is 2.85. The molecule has 0 heterocycles. The summed E-state index contributed by atoms with van der Waals surface area (Å²) in [6, 6.07) is 9.08. The molecule has 1 aromatic carbocycles. The molecule has 0 aliphatic heterocycles. The average Bonchev–Trinajstić information content (AvgIpc) is 2.19. The maximum atomic E-state index is 10.8. The highest BCUT2D eigenvalue weighted by Gasteiger charge is 2.09. The lowest BCUT2D eigenvalue weighted by Crippen LogP contribution is -2.24. The average molecular weight is 180 g/mol. The van der Waals surface area contributed by atoms with Crippen molar-refractivity contribution in [3.8, 4) is 0 Å². The molecule has 4 N–H and O–H groups in total. The quantitative estimate of drug-likeness (QED) is 0.512. The molecule has 0 spiro atoms. The largest absolute Gasteiger partial charge is 0.442 e. The lowest BCUT2D eigenvalue weighted by molar-refractivity contribution is -0.147. The maximum absolute atomic E-state index is 10.8. The van der Waals surface area contributed by atoms with Gasteiger partial charge < -0.3 is 10.5 Å². The minimum atomic E-state index is -0.725. The van der Waals surface area contributed by atoms with Gasteiger partial charge in [0.1, 0.15) is 0 Å². The van der Waals surface area contributed by atoms with Crippen molar-refractivity contribution in [2.24, 2.45) is 11.5 Å². The third-order valence-electron chi connectivity index (χ3n) is 1.55. The zero-order chi connectivity index (χ0) is 9.68. The highest BCUT2D eigenvalue weighted by Crippen LogP contribution is 2.10. The molecule has 0 bridgehead atoms. The molecule has 0 aliphatic rings. The molecule has 0 fully saturated rings. The Kier molecular flexibility index (Phi) is 3.42. The number of benzene rings is 1. The van der Waals surface area contributed by atoms with Gasteiger partial charge in [-0.15, -0.1) is 0 Å². The fourth-order valence-electron chi connectivity index (χ4n) is 0.900. The summed E-state index contributed by atoms with van der Waals surface area (Å²) in [6.45, 7) is -0.152. The summed E-state index contributed by atoms with van der Waals surface area (Å²) in [5, 5.41) is 0. The Morgan fingerprint density at radius 1 is 1.38 bits per heavy atom. The summed E-state index contributed by atoms with van der Waals surface area (Å²) < 4.78 is 4.80. The molecule has 1 atom stereocenters. The van der Waals surface area contributed by atoms with E-state index in [1.807, 2.05) is 18.2 Å². The van der Waals surface area contributed by atoms with Crippen LogP contribution >= 0.6 is 0 Å². The van der Waals surface area contributed by atoms with Crippen LogP contribution in [0.3, 0.4) is 0 Å². The maximum Gasteiger partial charge on any atom is 0.321 e. The summed E-state index contributed by atoms with van der Waals surface area (Å²) in [4.78, 5) is 10.8. The molecular formula is C9H12N2O2. The zero-order valence-corrected chi connectivity index (χ0v) is 7.14. The van der Waals surface area contributed by atoms with Gasteiger partial charge in [0.15, 0.2) is 6.23 Å². The number of hydrogen-bond acceptors (Lipinski definition) is 4. The van der Waals surface area contributed by atoms with E-state index in [-0.39, 0.29) is 6.54 Å². The van der Waals surface area contributed by atoms with Crippen molar-refractivity contribution in [2.45, 2.75) is 6.23 Å². The van der Waals surface area contributed by atoms with Gasteiger partial charge in [-0.25, -0.2) is 0 Å². The Balaban J connectivity index is 2.59. The first kappa shape index (κ1) is 9.70. The van der Waals surface area contributed by atoms with Crippen molar-refractivity contribution in [1.29, 1.82) is 0 Å². The Bertz CT molecular complexity index is 274. The van der Waals surface area contributed by atoms with Crippen LogP contribution in [0.15, 0.2) is 30.3 Å². The van der Waals surface area contributed by atoms with E-state index in [4.69, 9.17) is 16.2 Å². The number of carbonyl (C=O) groups excluding carboxylic acids is 1. The molecule has 1 rings (SSSR count). The standard InChI is InChI=1S/C9H12N2O2/c10-6-8(12)13-9(11)7-4-2-1-3-5-7/h1-5,9H,6,10-11H2/t9-/m0/s1. The van der Waals surface area contributed by atoms with Crippen LogP contribution in [0.25, 0.3) is 0 Å². The molecule has 70 valence electrons. The zero-order valence-electron chi connectivity index (χ0n) is 7.14. The molecule has 4 heteroatoms. The minimum Gasteiger partial charge on any atom is -0.442 e. The fraction of sp³-hybridized carbons (Fsp3) is 0.222. The van der Waals surface area contributed by atoms with Crippen LogP contribution in [0.5, 0.6) is 0 Å². The van der Waals surface area contributed by atoms with Crippen molar-refractivity contribution >= 4 is 5.97 Å². The number of rotatable bonds is 3.